The van der Waals surface area contributed by atoms with Crippen LogP contribution in [0.2, 0.25) is 0 Å². The van der Waals surface area contributed by atoms with Gasteiger partial charge in [0.05, 0.1) is 6.04 Å². The quantitative estimate of drug-likeness (QED) is 0.327. The number of unbranched alkanes of at least 4 members (excludes halogenated alkanes) is 2. The third-order valence-electron chi connectivity index (χ3n) is 2.87. The predicted octanol–water partition coefficient (Wildman–Crippen LogP) is 0.407. The van der Waals surface area contributed by atoms with Gasteiger partial charge in [-0.25, -0.2) is 4.79 Å². The summed E-state index contributed by atoms with van der Waals surface area (Å²) in [5.74, 6) is -1.46. The molecule has 7 nitrogen and oxygen atoms in total. The molecular formula is C12H29Cl3N4O3. The first-order valence-corrected chi connectivity index (χ1v) is 6.71. The lowest BCUT2D eigenvalue weighted by molar-refractivity contribution is -0.142. The van der Waals surface area contributed by atoms with Crippen LogP contribution in [0.3, 0.4) is 0 Å². The molecule has 0 aliphatic carbocycles. The van der Waals surface area contributed by atoms with Crippen molar-refractivity contribution < 1.29 is 14.7 Å². The molecule has 0 bridgehead atoms. The molecule has 8 N–H and O–H groups in total. The van der Waals surface area contributed by atoms with Crippen LogP contribution < -0.4 is 22.5 Å². The lowest BCUT2D eigenvalue weighted by atomic mass is 10.1. The SMILES string of the molecule is Cl.Cl.Cl.NCCCC[C@H](NC(=O)[C@@H](N)CCCCN)C(=O)O. The van der Waals surface area contributed by atoms with Gasteiger partial charge in [0.1, 0.15) is 6.04 Å². The maximum atomic E-state index is 11.7. The molecule has 0 aromatic carbocycles. The average molecular weight is 384 g/mol. The molecule has 0 aliphatic rings. The van der Waals surface area contributed by atoms with E-state index in [0.717, 1.165) is 19.3 Å². The predicted molar refractivity (Wildman–Crippen MR) is 95.1 cm³/mol. The standard InChI is InChI=1S/C12H26N4O3.3ClH/c13-7-3-1-5-9(15)11(17)16-10(12(18)19)6-2-4-8-14;;;/h9-10H,1-8,13-15H2,(H,16,17)(H,18,19);3*1H/t9-,10-;;;/m0.../s1. The van der Waals surface area contributed by atoms with Crippen molar-refractivity contribution in [2.75, 3.05) is 13.1 Å². The minimum absolute atomic E-state index is 0. The molecule has 0 fully saturated rings. The Morgan fingerprint density at radius 3 is 1.77 bits per heavy atom. The molecule has 22 heavy (non-hydrogen) atoms. The van der Waals surface area contributed by atoms with E-state index in [-0.39, 0.29) is 37.2 Å². The van der Waals surface area contributed by atoms with Gasteiger partial charge in [-0.3, -0.25) is 4.79 Å². The third kappa shape index (κ3) is 14.6. The van der Waals surface area contributed by atoms with Gasteiger partial charge in [0.15, 0.2) is 0 Å². The van der Waals surface area contributed by atoms with Crippen molar-refractivity contribution in [1.82, 2.24) is 5.32 Å². The van der Waals surface area contributed by atoms with Crippen LogP contribution in [0.15, 0.2) is 0 Å². The summed E-state index contributed by atoms with van der Waals surface area (Å²) in [6.07, 6.45) is 3.85. The van der Waals surface area contributed by atoms with Crippen LogP contribution in [0.4, 0.5) is 0 Å². The van der Waals surface area contributed by atoms with Crippen LogP contribution in [0.25, 0.3) is 0 Å². The van der Waals surface area contributed by atoms with Crippen LogP contribution in [-0.4, -0.2) is 42.2 Å². The van der Waals surface area contributed by atoms with E-state index in [2.05, 4.69) is 5.32 Å². The van der Waals surface area contributed by atoms with Crippen LogP contribution in [0.5, 0.6) is 0 Å². The first kappa shape index (κ1) is 29.7. The highest BCUT2D eigenvalue weighted by atomic mass is 35.5. The molecule has 1 amide bonds. The van der Waals surface area contributed by atoms with Crippen LogP contribution >= 0.6 is 37.2 Å². The van der Waals surface area contributed by atoms with E-state index in [4.69, 9.17) is 22.3 Å². The monoisotopic (exact) mass is 382 g/mol. The van der Waals surface area contributed by atoms with Crippen molar-refractivity contribution in [3.63, 3.8) is 0 Å². The largest absolute Gasteiger partial charge is 0.480 e. The minimum Gasteiger partial charge on any atom is -0.480 e. The molecule has 2 atom stereocenters. The first-order valence-electron chi connectivity index (χ1n) is 6.71. The number of hydrogen-bond donors (Lipinski definition) is 5. The molecule has 0 unspecified atom stereocenters. The lowest BCUT2D eigenvalue weighted by Gasteiger charge is -2.17. The molecule has 10 heteroatoms. The number of rotatable bonds is 11. The second-order valence-corrected chi connectivity index (χ2v) is 4.57. The van der Waals surface area contributed by atoms with Gasteiger partial charge in [0.25, 0.3) is 0 Å². The molecule has 0 rings (SSSR count). The van der Waals surface area contributed by atoms with E-state index < -0.39 is 24.0 Å². The third-order valence-corrected chi connectivity index (χ3v) is 2.87. The molecule has 0 heterocycles. The first-order chi connectivity index (χ1) is 9.02. The van der Waals surface area contributed by atoms with Gasteiger partial charge < -0.3 is 27.6 Å². The summed E-state index contributed by atoms with van der Waals surface area (Å²) in [4.78, 5) is 22.7. The highest BCUT2D eigenvalue weighted by Gasteiger charge is 2.22. The zero-order chi connectivity index (χ0) is 14.7. The van der Waals surface area contributed by atoms with Gasteiger partial charge in [-0.15, -0.1) is 37.2 Å². The van der Waals surface area contributed by atoms with E-state index in [9.17, 15) is 9.59 Å². The van der Waals surface area contributed by atoms with Crippen LogP contribution in [-0.2, 0) is 9.59 Å². The van der Waals surface area contributed by atoms with Crippen molar-refractivity contribution in [1.29, 1.82) is 0 Å². The van der Waals surface area contributed by atoms with Crippen molar-refractivity contribution in [2.45, 2.75) is 50.6 Å². The lowest BCUT2D eigenvalue weighted by Crippen LogP contribution is -2.48. The summed E-state index contributed by atoms with van der Waals surface area (Å²) in [6, 6.07) is -1.57. The highest BCUT2D eigenvalue weighted by molar-refractivity contribution is 5.86. The number of carbonyl (C=O) groups is 2. The maximum absolute atomic E-state index is 11.7. The Morgan fingerprint density at radius 1 is 0.909 bits per heavy atom. The Balaban J connectivity index is -0.000000540. The Labute approximate surface area is 150 Å². The van der Waals surface area contributed by atoms with E-state index in [1.807, 2.05) is 0 Å². The molecule has 0 aromatic rings. The number of nitrogens with two attached hydrogens (primary N) is 3. The number of aliphatic carboxylic acids is 1. The topological polar surface area (TPSA) is 144 Å². The molecule has 0 aromatic heterocycles. The summed E-state index contributed by atoms with van der Waals surface area (Å²) in [7, 11) is 0. The fourth-order valence-electron chi connectivity index (χ4n) is 1.67. The molecular weight excluding hydrogens is 355 g/mol. The number of amides is 1. The molecule has 0 aliphatic heterocycles. The van der Waals surface area contributed by atoms with Gasteiger partial charge in [0.2, 0.25) is 5.91 Å². The fourth-order valence-corrected chi connectivity index (χ4v) is 1.67. The van der Waals surface area contributed by atoms with Gasteiger partial charge in [-0.1, -0.05) is 6.42 Å². The summed E-state index contributed by atoms with van der Waals surface area (Å²) in [6.45, 7) is 1.07. The smallest absolute Gasteiger partial charge is 0.326 e. The fraction of sp³-hybridized carbons (Fsp3) is 0.833. The van der Waals surface area contributed by atoms with Crippen LogP contribution in [0, 0.1) is 0 Å². The number of halogens is 3. The summed E-state index contributed by atoms with van der Waals surface area (Å²) in [5, 5.41) is 11.5. The molecule has 0 radical (unpaired) electrons. The molecule has 0 saturated carbocycles. The Morgan fingerprint density at radius 2 is 1.36 bits per heavy atom. The van der Waals surface area contributed by atoms with E-state index >= 15 is 0 Å². The zero-order valence-corrected chi connectivity index (χ0v) is 15.0. The number of hydrogen-bond acceptors (Lipinski definition) is 5. The number of carbonyl (C=O) groups excluding carboxylic acids is 1. The van der Waals surface area contributed by atoms with Gasteiger partial charge in [0, 0.05) is 0 Å². The van der Waals surface area contributed by atoms with Gasteiger partial charge >= 0.3 is 5.97 Å². The number of carboxylic acids is 1. The molecule has 0 spiro atoms. The highest BCUT2D eigenvalue weighted by Crippen LogP contribution is 2.03. The maximum Gasteiger partial charge on any atom is 0.326 e. The molecule has 136 valence electrons. The minimum atomic E-state index is -1.04. The van der Waals surface area contributed by atoms with Crippen molar-refractivity contribution in [3.05, 3.63) is 0 Å². The van der Waals surface area contributed by atoms with E-state index in [0.29, 0.717) is 32.4 Å². The summed E-state index contributed by atoms with van der Waals surface area (Å²) in [5.41, 5.74) is 16.4. The zero-order valence-electron chi connectivity index (χ0n) is 12.5. The van der Waals surface area contributed by atoms with Crippen LogP contribution in [0.1, 0.15) is 38.5 Å². The van der Waals surface area contributed by atoms with E-state index in [1.54, 1.807) is 0 Å². The molecule has 0 saturated heterocycles. The number of nitrogens with one attached hydrogen (secondary N) is 1. The second kappa shape index (κ2) is 18.7. The Bertz CT molecular complexity index is 286. The van der Waals surface area contributed by atoms with E-state index in [1.165, 1.54) is 0 Å². The summed E-state index contributed by atoms with van der Waals surface area (Å²) >= 11 is 0. The second-order valence-electron chi connectivity index (χ2n) is 4.57. The van der Waals surface area contributed by atoms with Gasteiger partial charge in [-0.2, -0.15) is 0 Å². The van der Waals surface area contributed by atoms with Crippen molar-refractivity contribution >= 4 is 49.1 Å². The Kier molecular flexibility index (Phi) is 25.3. The van der Waals surface area contributed by atoms with Crippen molar-refractivity contribution in [3.8, 4) is 0 Å². The Hall–Kier alpha value is -0.310. The summed E-state index contributed by atoms with van der Waals surface area (Å²) < 4.78 is 0. The normalized spacial score (nSPS) is 12.0. The van der Waals surface area contributed by atoms with Crippen molar-refractivity contribution in [2.24, 2.45) is 17.2 Å². The average Bonchev–Trinajstić information content (AvgIpc) is 2.37. The van der Waals surface area contributed by atoms with Gasteiger partial charge in [-0.05, 0) is 45.2 Å². The number of carboxylic acid groups (broad SMARTS) is 1.